The molecule has 0 spiro atoms. The van der Waals surface area contributed by atoms with Gasteiger partial charge in [-0.1, -0.05) is 62.7 Å². The number of aromatic carboxylic acids is 1. The van der Waals surface area contributed by atoms with Crippen molar-refractivity contribution in [2.45, 2.75) is 60.6 Å². The maximum atomic E-state index is 12.9. The van der Waals surface area contributed by atoms with E-state index in [0.717, 1.165) is 51.2 Å². The van der Waals surface area contributed by atoms with Crippen LogP contribution in [0.2, 0.25) is 0 Å². The highest BCUT2D eigenvalue weighted by Crippen LogP contribution is 2.34. The third kappa shape index (κ3) is 8.56. The van der Waals surface area contributed by atoms with Crippen molar-refractivity contribution < 1.29 is 19.4 Å². The number of aryl methyl sites for hydroxylation is 2. The summed E-state index contributed by atoms with van der Waals surface area (Å²) in [6.45, 7) is 10.9. The molecule has 3 rings (SSSR count). The molecule has 200 valence electrons. The average molecular weight is 548 g/mol. The number of pyridine rings is 1. The second kappa shape index (κ2) is 13.6. The summed E-state index contributed by atoms with van der Waals surface area (Å²) >= 11 is 0. The maximum Gasteiger partial charge on any atom is 0.335 e. The predicted octanol–water partition coefficient (Wildman–Crippen LogP) is 6.24. The topological polar surface area (TPSA) is 103 Å². The number of halogens is 2. The Kier molecular flexibility index (Phi) is 11.8. The molecular weight excluding hydrogens is 511 g/mol. The van der Waals surface area contributed by atoms with Crippen LogP contribution < -0.4 is 5.73 Å². The molecule has 0 radical (unpaired) electrons. The van der Waals surface area contributed by atoms with Gasteiger partial charge in [0.25, 0.3) is 0 Å². The van der Waals surface area contributed by atoms with Gasteiger partial charge < -0.3 is 15.6 Å². The van der Waals surface area contributed by atoms with E-state index in [2.05, 4.69) is 45.0 Å². The summed E-state index contributed by atoms with van der Waals surface area (Å²) in [6.07, 6.45) is 0.842. The van der Waals surface area contributed by atoms with Crippen molar-refractivity contribution in [1.29, 1.82) is 0 Å². The van der Waals surface area contributed by atoms with Gasteiger partial charge in [0.15, 0.2) is 0 Å². The smallest absolute Gasteiger partial charge is 0.335 e. The van der Waals surface area contributed by atoms with Crippen LogP contribution in [0.1, 0.15) is 64.8 Å². The molecule has 1 heterocycles. The first-order valence-electron chi connectivity index (χ1n) is 11.7. The van der Waals surface area contributed by atoms with E-state index in [0.29, 0.717) is 6.54 Å². The summed E-state index contributed by atoms with van der Waals surface area (Å²) in [5.41, 5.74) is 13.8. The molecule has 3 aromatic rings. The Morgan fingerprint density at radius 2 is 1.54 bits per heavy atom. The molecule has 6 nitrogen and oxygen atoms in total. The largest absolute Gasteiger partial charge is 0.478 e. The van der Waals surface area contributed by atoms with Gasteiger partial charge in [0.05, 0.1) is 12.0 Å². The van der Waals surface area contributed by atoms with Crippen LogP contribution in [0.3, 0.4) is 0 Å². The number of rotatable bonds is 8. The van der Waals surface area contributed by atoms with Crippen LogP contribution in [0, 0.1) is 19.3 Å². The van der Waals surface area contributed by atoms with E-state index < -0.39 is 5.97 Å². The molecule has 0 bridgehead atoms. The van der Waals surface area contributed by atoms with Gasteiger partial charge >= 0.3 is 11.9 Å². The normalized spacial score (nSPS) is 10.8. The van der Waals surface area contributed by atoms with Crippen LogP contribution in [0.25, 0.3) is 11.1 Å². The first-order valence-corrected chi connectivity index (χ1v) is 11.7. The number of esters is 1. The lowest BCUT2D eigenvalue weighted by atomic mass is 9.84. The molecule has 0 saturated carbocycles. The number of ether oxygens (including phenoxy) is 1. The first-order chi connectivity index (χ1) is 16.5. The van der Waals surface area contributed by atoms with Gasteiger partial charge in [-0.2, -0.15) is 0 Å². The zero-order chi connectivity index (χ0) is 25.8. The minimum absolute atomic E-state index is 0. The van der Waals surface area contributed by atoms with E-state index >= 15 is 0 Å². The molecule has 0 atom stereocenters. The zero-order valence-electron chi connectivity index (χ0n) is 22.0. The number of carbonyl (C=O) groups is 2. The number of nitrogens with zero attached hydrogens (tertiary/aromatic N) is 1. The maximum absolute atomic E-state index is 12.9. The summed E-state index contributed by atoms with van der Waals surface area (Å²) < 4.78 is 5.54. The highest BCUT2D eigenvalue weighted by Gasteiger charge is 2.23. The van der Waals surface area contributed by atoms with Gasteiger partial charge in [-0.3, -0.25) is 9.78 Å². The molecular formula is C29H36Cl2N2O4. The summed E-state index contributed by atoms with van der Waals surface area (Å²) in [6, 6.07) is 14.5. The molecule has 2 aromatic carbocycles. The molecule has 0 aliphatic carbocycles. The number of aromatic nitrogens is 1. The van der Waals surface area contributed by atoms with Crippen molar-refractivity contribution in [2.75, 3.05) is 0 Å². The lowest BCUT2D eigenvalue weighted by Crippen LogP contribution is -2.19. The van der Waals surface area contributed by atoms with Crippen LogP contribution >= 0.6 is 24.8 Å². The van der Waals surface area contributed by atoms with Crippen LogP contribution in [-0.2, 0) is 35.5 Å². The van der Waals surface area contributed by atoms with Gasteiger partial charge in [0.2, 0.25) is 0 Å². The van der Waals surface area contributed by atoms with Crippen molar-refractivity contribution in [3.8, 4) is 11.1 Å². The number of nitrogens with two attached hydrogens (primary N) is 1. The lowest BCUT2D eigenvalue weighted by molar-refractivity contribution is -0.144. The minimum atomic E-state index is -0.995. The highest BCUT2D eigenvalue weighted by atomic mass is 35.5. The van der Waals surface area contributed by atoms with Gasteiger partial charge in [-0.05, 0) is 65.6 Å². The summed E-state index contributed by atoms with van der Waals surface area (Å²) in [5, 5.41) is 9.04. The number of benzene rings is 2. The van der Waals surface area contributed by atoms with Crippen LogP contribution in [0.5, 0.6) is 0 Å². The molecule has 0 aliphatic rings. The van der Waals surface area contributed by atoms with Gasteiger partial charge in [0, 0.05) is 17.9 Å². The molecule has 0 unspecified atom stereocenters. The standard InChI is InChI=1S/C29H34N2O4.2ClH/c1-18-6-10-21(11-7-18)27-23(19(2)31-25(24(27)16-30)15-29(3,4)5)14-26(32)35-17-20-8-12-22(13-9-20)28(33)34;;/h6-13H,14-17,30H2,1-5H3,(H,33,34);2*1H. The monoisotopic (exact) mass is 546 g/mol. The molecule has 37 heavy (non-hydrogen) atoms. The van der Waals surface area contributed by atoms with Crippen molar-refractivity contribution in [3.05, 3.63) is 87.7 Å². The number of hydrogen-bond donors (Lipinski definition) is 2. The third-order valence-electron chi connectivity index (χ3n) is 5.86. The quantitative estimate of drug-likeness (QED) is 0.324. The van der Waals surface area contributed by atoms with Gasteiger partial charge in [-0.15, -0.1) is 24.8 Å². The summed E-state index contributed by atoms with van der Waals surface area (Å²) in [4.78, 5) is 28.8. The van der Waals surface area contributed by atoms with Crippen molar-refractivity contribution in [2.24, 2.45) is 11.1 Å². The van der Waals surface area contributed by atoms with E-state index in [1.165, 1.54) is 12.1 Å². The molecule has 0 amide bonds. The number of carbonyl (C=O) groups excluding carboxylic acids is 1. The highest BCUT2D eigenvalue weighted by molar-refractivity contribution is 5.87. The first kappa shape index (κ1) is 32.1. The predicted molar refractivity (Wildman–Crippen MR) is 152 cm³/mol. The summed E-state index contributed by atoms with van der Waals surface area (Å²) in [7, 11) is 0. The zero-order valence-corrected chi connectivity index (χ0v) is 23.6. The van der Waals surface area contributed by atoms with Crippen LogP contribution in [0.4, 0.5) is 0 Å². The fraction of sp³-hybridized carbons (Fsp3) is 0.345. The second-order valence-corrected chi connectivity index (χ2v) is 10.1. The van der Waals surface area contributed by atoms with Crippen LogP contribution in [0.15, 0.2) is 48.5 Å². The summed E-state index contributed by atoms with van der Waals surface area (Å²) in [5.74, 6) is -1.37. The fourth-order valence-electron chi connectivity index (χ4n) is 4.10. The van der Waals surface area contributed by atoms with Crippen molar-refractivity contribution in [3.63, 3.8) is 0 Å². The molecule has 0 aliphatic heterocycles. The number of hydrogen-bond acceptors (Lipinski definition) is 5. The Bertz CT molecular complexity index is 1220. The van der Waals surface area contributed by atoms with Gasteiger partial charge in [0.1, 0.15) is 6.61 Å². The van der Waals surface area contributed by atoms with E-state index in [-0.39, 0.29) is 54.8 Å². The van der Waals surface area contributed by atoms with Crippen molar-refractivity contribution in [1.82, 2.24) is 4.98 Å². The fourth-order valence-corrected chi connectivity index (χ4v) is 4.10. The Balaban J connectivity index is 0.00000342. The Labute approximate surface area is 231 Å². The van der Waals surface area contributed by atoms with E-state index in [1.54, 1.807) is 12.1 Å². The Morgan fingerprint density at radius 1 is 0.946 bits per heavy atom. The second-order valence-electron chi connectivity index (χ2n) is 10.1. The average Bonchev–Trinajstić information content (AvgIpc) is 2.79. The molecule has 8 heteroatoms. The number of carboxylic acid groups (broad SMARTS) is 1. The molecule has 0 saturated heterocycles. The molecule has 0 fully saturated rings. The Hall–Kier alpha value is -2.93. The minimum Gasteiger partial charge on any atom is -0.478 e. The van der Waals surface area contributed by atoms with Crippen molar-refractivity contribution >= 4 is 36.8 Å². The Morgan fingerprint density at radius 3 is 2.05 bits per heavy atom. The number of carboxylic acids is 1. The third-order valence-corrected chi connectivity index (χ3v) is 5.86. The van der Waals surface area contributed by atoms with Gasteiger partial charge in [-0.25, -0.2) is 4.79 Å². The van der Waals surface area contributed by atoms with E-state index in [9.17, 15) is 9.59 Å². The van der Waals surface area contributed by atoms with E-state index in [4.69, 9.17) is 20.6 Å². The van der Waals surface area contributed by atoms with Crippen LogP contribution in [-0.4, -0.2) is 22.0 Å². The SMILES string of the molecule is Cc1ccc(-c2c(CC(=O)OCc3ccc(C(=O)O)cc3)c(C)nc(CC(C)(C)C)c2CN)cc1.Cl.Cl. The molecule has 3 N–H and O–H groups in total. The lowest BCUT2D eigenvalue weighted by Gasteiger charge is -2.24. The molecule has 1 aromatic heterocycles. The van der Waals surface area contributed by atoms with E-state index in [1.807, 2.05) is 13.8 Å².